The molecule has 0 bridgehead atoms. The fourth-order valence-electron chi connectivity index (χ4n) is 1.46. The molecule has 4 heteroatoms. The van der Waals surface area contributed by atoms with Crippen molar-refractivity contribution in [3.8, 4) is 11.4 Å². The number of hydrogen-bond donors (Lipinski definition) is 1. The molecule has 1 aromatic heterocycles. The molecule has 0 aliphatic heterocycles. The third kappa shape index (κ3) is 2.22. The number of H-pyrrole nitrogens is 1. The van der Waals surface area contributed by atoms with E-state index in [0.717, 1.165) is 28.9 Å². The fraction of sp³-hybridized carbons (Fsp3) is 0.167. The largest absolute Gasteiger partial charge is 0.344 e. The van der Waals surface area contributed by atoms with Crippen LogP contribution in [-0.4, -0.2) is 16.3 Å². The van der Waals surface area contributed by atoms with Crippen LogP contribution in [0.15, 0.2) is 30.5 Å². The fourth-order valence-corrected chi connectivity index (χ4v) is 1.77. The molecule has 0 amide bonds. The zero-order chi connectivity index (χ0) is 11.5. The van der Waals surface area contributed by atoms with Crippen LogP contribution in [0.4, 0.5) is 0 Å². The van der Waals surface area contributed by atoms with Crippen LogP contribution in [0.3, 0.4) is 0 Å². The van der Waals surface area contributed by atoms with Crippen LogP contribution in [0.1, 0.15) is 16.1 Å². The van der Waals surface area contributed by atoms with Crippen molar-refractivity contribution in [3.05, 3.63) is 41.7 Å². The van der Waals surface area contributed by atoms with Crippen LogP contribution in [0.5, 0.6) is 0 Å². The molecule has 0 saturated carbocycles. The van der Waals surface area contributed by atoms with Gasteiger partial charge in [0.05, 0.1) is 10.5 Å². The Kier molecular flexibility index (Phi) is 3.19. The minimum atomic E-state index is -0.236. The molecule has 2 rings (SSSR count). The van der Waals surface area contributed by atoms with E-state index < -0.39 is 0 Å². The molecule has 0 aliphatic carbocycles. The highest BCUT2D eigenvalue weighted by Gasteiger charge is 2.06. The second kappa shape index (κ2) is 4.61. The number of rotatable bonds is 3. The number of carbonyl (C=O) groups excluding carboxylic acids is 1. The van der Waals surface area contributed by atoms with E-state index in [9.17, 15) is 4.79 Å². The quantitative estimate of drug-likeness (QED) is 0.693. The van der Waals surface area contributed by atoms with E-state index in [0.29, 0.717) is 0 Å². The summed E-state index contributed by atoms with van der Waals surface area (Å²) < 4.78 is 0. The maximum atomic E-state index is 10.6. The van der Waals surface area contributed by atoms with Gasteiger partial charge in [-0.3, -0.25) is 0 Å². The molecule has 1 N–H and O–H groups in total. The van der Waals surface area contributed by atoms with E-state index in [1.165, 1.54) is 0 Å². The Morgan fingerprint density at radius 1 is 1.38 bits per heavy atom. The number of aldehydes is 1. The molecule has 1 aromatic carbocycles. The van der Waals surface area contributed by atoms with Gasteiger partial charge in [-0.15, -0.1) is 0 Å². The number of halogens is 1. The van der Waals surface area contributed by atoms with Crippen molar-refractivity contribution in [3.63, 3.8) is 0 Å². The van der Waals surface area contributed by atoms with Crippen LogP contribution in [0.2, 0.25) is 0 Å². The molecule has 1 unspecified atom stereocenters. The molecule has 1 atom stereocenters. The topological polar surface area (TPSA) is 45.8 Å². The highest BCUT2D eigenvalue weighted by atomic mass is 79.9. The van der Waals surface area contributed by atoms with Gasteiger partial charge in [0.15, 0.2) is 0 Å². The number of aromatic amines is 1. The van der Waals surface area contributed by atoms with E-state index in [4.69, 9.17) is 0 Å². The molecular weight excluding hydrogens is 268 g/mol. The monoisotopic (exact) mass is 278 g/mol. The highest BCUT2D eigenvalue weighted by molar-refractivity contribution is 9.09. The van der Waals surface area contributed by atoms with Crippen LogP contribution < -0.4 is 0 Å². The first kappa shape index (κ1) is 11.1. The number of hydrogen-bond acceptors (Lipinski definition) is 2. The predicted molar refractivity (Wildman–Crippen MR) is 66.5 cm³/mol. The van der Waals surface area contributed by atoms with Gasteiger partial charge in [0, 0.05) is 11.8 Å². The molecule has 0 spiro atoms. The highest BCUT2D eigenvalue weighted by Crippen LogP contribution is 2.23. The maximum absolute atomic E-state index is 10.6. The summed E-state index contributed by atoms with van der Waals surface area (Å²) in [5.41, 5.74) is 2.93. The van der Waals surface area contributed by atoms with Crippen molar-refractivity contribution >= 4 is 22.2 Å². The Morgan fingerprint density at radius 3 is 2.56 bits per heavy atom. The number of aryl methyl sites for hydroxylation is 1. The molecule has 0 radical (unpaired) electrons. The molecule has 3 nitrogen and oxygen atoms in total. The summed E-state index contributed by atoms with van der Waals surface area (Å²) in [6, 6.07) is 7.73. The average Bonchev–Trinajstić information content (AvgIpc) is 2.75. The summed E-state index contributed by atoms with van der Waals surface area (Å²) in [4.78, 5) is 17.8. The Balaban J connectivity index is 2.29. The number of aromatic nitrogens is 2. The van der Waals surface area contributed by atoms with E-state index in [2.05, 4.69) is 25.9 Å². The molecule has 0 saturated heterocycles. The molecule has 0 fully saturated rings. The lowest BCUT2D eigenvalue weighted by Crippen LogP contribution is -1.90. The second-order valence-electron chi connectivity index (χ2n) is 3.55. The number of alkyl halides is 1. The van der Waals surface area contributed by atoms with E-state index >= 15 is 0 Å². The molecular formula is C12H11BrN2O. The minimum absolute atomic E-state index is 0.236. The zero-order valence-electron chi connectivity index (χ0n) is 8.77. The third-order valence-electron chi connectivity index (χ3n) is 2.33. The Bertz CT molecular complexity index is 490. The lowest BCUT2D eigenvalue weighted by molar-refractivity contribution is -0.107. The second-order valence-corrected chi connectivity index (χ2v) is 4.54. The zero-order valence-corrected chi connectivity index (χ0v) is 10.4. The van der Waals surface area contributed by atoms with Gasteiger partial charge >= 0.3 is 0 Å². The van der Waals surface area contributed by atoms with Gasteiger partial charge in [-0.25, -0.2) is 4.98 Å². The molecule has 82 valence electrons. The van der Waals surface area contributed by atoms with Crippen LogP contribution in [0, 0.1) is 6.92 Å². The Hall–Kier alpha value is -1.42. The van der Waals surface area contributed by atoms with Gasteiger partial charge in [0.25, 0.3) is 0 Å². The van der Waals surface area contributed by atoms with Crippen LogP contribution in [0.25, 0.3) is 11.4 Å². The number of carbonyl (C=O) groups is 1. The van der Waals surface area contributed by atoms with Gasteiger partial charge in [-0.1, -0.05) is 40.2 Å². The number of imidazole rings is 1. The molecule has 0 aliphatic rings. The first-order valence-corrected chi connectivity index (χ1v) is 5.84. The van der Waals surface area contributed by atoms with Crippen molar-refractivity contribution in [2.45, 2.75) is 11.8 Å². The minimum Gasteiger partial charge on any atom is -0.344 e. The van der Waals surface area contributed by atoms with Crippen molar-refractivity contribution in [2.75, 3.05) is 0 Å². The summed E-state index contributed by atoms with van der Waals surface area (Å²) in [7, 11) is 0. The standard InChI is InChI=1S/C12H11BrN2O/c1-8-6-14-12(15-8)10-4-2-9(3-5-10)11(13)7-16/h2-7,11H,1H3,(H,14,15). The summed E-state index contributed by atoms with van der Waals surface area (Å²) in [5, 5.41) is 0. The third-order valence-corrected chi connectivity index (χ3v) is 3.07. The van der Waals surface area contributed by atoms with Gasteiger partial charge in [-0.2, -0.15) is 0 Å². The van der Waals surface area contributed by atoms with Crippen LogP contribution >= 0.6 is 15.9 Å². The van der Waals surface area contributed by atoms with E-state index in [1.807, 2.05) is 37.4 Å². The van der Waals surface area contributed by atoms with Crippen molar-refractivity contribution in [2.24, 2.45) is 0 Å². The first-order valence-electron chi connectivity index (χ1n) is 4.92. The molecule has 2 aromatic rings. The SMILES string of the molecule is Cc1c[nH]c(-c2ccc(C(Br)C=O)cc2)n1. The van der Waals surface area contributed by atoms with Gasteiger partial charge < -0.3 is 9.78 Å². The lowest BCUT2D eigenvalue weighted by atomic mass is 10.1. The molecule has 16 heavy (non-hydrogen) atoms. The van der Waals surface area contributed by atoms with E-state index in [-0.39, 0.29) is 4.83 Å². The summed E-state index contributed by atoms with van der Waals surface area (Å²) >= 11 is 3.28. The van der Waals surface area contributed by atoms with Crippen molar-refractivity contribution in [1.29, 1.82) is 0 Å². The molecule has 1 heterocycles. The summed E-state index contributed by atoms with van der Waals surface area (Å²) in [6.07, 6.45) is 2.73. The number of benzene rings is 1. The Morgan fingerprint density at radius 2 is 2.06 bits per heavy atom. The average molecular weight is 279 g/mol. The van der Waals surface area contributed by atoms with Gasteiger partial charge in [0.2, 0.25) is 0 Å². The Labute approximate surface area is 102 Å². The number of nitrogens with one attached hydrogen (secondary N) is 1. The first-order chi connectivity index (χ1) is 7.70. The smallest absolute Gasteiger partial charge is 0.138 e. The van der Waals surface area contributed by atoms with Gasteiger partial charge in [-0.05, 0) is 12.5 Å². The number of nitrogens with zero attached hydrogens (tertiary/aromatic N) is 1. The predicted octanol–water partition coefficient (Wildman–Crippen LogP) is 3.02. The van der Waals surface area contributed by atoms with Crippen LogP contribution in [-0.2, 0) is 4.79 Å². The van der Waals surface area contributed by atoms with E-state index in [1.54, 1.807) is 0 Å². The summed E-state index contributed by atoms with van der Waals surface area (Å²) in [5.74, 6) is 0.848. The maximum Gasteiger partial charge on any atom is 0.138 e. The lowest BCUT2D eigenvalue weighted by Gasteiger charge is -2.03. The van der Waals surface area contributed by atoms with Gasteiger partial charge in [0.1, 0.15) is 12.1 Å². The van der Waals surface area contributed by atoms with Crippen molar-refractivity contribution in [1.82, 2.24) is 9.97 Å². The normalized spacial score (nSPS) is 12.4. The van der Waals surface area contributed by atoms with Crippen molar-refractivity contribution < 1.29 is 4.79 Å². The summed E-state index contributed by atoms with van der Waals surface area (Å²) in [6.45, 7) is 1.94.